The fourth-order valence-electron chi connectivity index (χ4n) is 6.64. The number of esters is 2. The van der Waals surface area contributed by atoms with Crippen LogP contribution in [0.2, 0.25) is 0 Å². The fourth-order valence-corrected chi connectivity index (χ4v) is 6.64. The third-order valence-corrected chi connectivity index (χ3v) is 9.72. The van der Waals surface area contributed by atoms with Gasteiger partial charge in [0.25, 0.3) is 0 Å². The minimum atomic E-state index is -0.840. The van der Waals surface area contributed by atoms with Gasteiger partial charge in [-0.15, -0.1) is 0 Å². The highest BCUT2D eigenvalue weighted by Crippen LogP contribution is 2.34. The maximum atomic E-state index is 12.4. The quantitative estimate of drug-likeness (QED) is 0.0365. The van der Waals surface area contributed by atoms with Crippen LogP contribution < -0.4 is 0 Å². The number of ketones is 1. The summed E-state index contributed by atoms with van der Waals surface area (Å²) < 4.78 is 10.6. The van der Waals surface area contributed by atoms with E-state index >= 15 is 0 Å². The Morgan fingerprint density at radius 1 is 0.750 bits per heavy atom. The molecule has 0 heterocycles. The number of ether oxygens (including phenoxy) is 2. The van der Waals surface area contributed by atoms with Crippen LogP contribution in [-0.4, -0.2) is 64.6 Å². The van der Waals surface area contributed by atoms with Crippen LogP contribution in [0.3, 0.4) is 0 Å². The smallest absolute Gasteiger partial charge is 0.306 e. The number of allylic oxidation sites excluding steroid dienone is 1. The Bertz CT molecular complexity index is 843. The molecule has 1 saturated carbocycles. The van der Waals surface area contributed by atoms with Crippen molar-refractivity contribution in [2.24, 2.45) is 11.8 Å². The van der Waals surface area contributed by atoms with E-state index < -0.39 is 18.3 Å². The molecule has 0 amide bonds. The van der Waals surface area contributed by atoms with Gasteiger partial charge in [0.1, 0.15) is 12.4 Å². The van der Waals surface area contributed by atoms with E-state index in [0.29, 0.717) is 19.3 Å². The predicted octanol–water partition coefficient (Wildman–Crippen LogP) is 8.71. The summed E-state index contributed by atoms with van der Waals surface area (Å²) in [6, 6.07) is 0. The summed E-state index contributed by atoms with van der Waals surface area (Å²) in [7, 11) is 0. The van der Waals surface area contributed by atoms with E-state index in [4.69, 9.17) is 9.47 Å². The molecular formula is C40H72O8. The van der Waals surface area contributed by atoms with Crippen LogP contribution in [0.4, 0.5) is 0 Å². The molecule has 1 rings (SSSR count). The first-order valence-corrected chi connectivity index (χ1v) is 19.8. The summed E-state index contributed by atoms with van der Waals surface area (Å²) >= 11 is 0. The average molecular weight is 681 g/mol. The number of hydrogen-bond donors (Lipinski definition) is 3. The topological polar surface area (TPSA) is 130 Å². The van der Waals surface area contributed by atoms with E-state index in [0.717, 1.165) is 64.2 Å². The molecule has 1 aliphatic carbocycles. The molecule has 8 heteroatoms. The van der Waals surface area contributed by atoms with E-state index in [1.54, 1.807) is 12.2 Å². The van der Waals surface area contributed by atoms with Crippen molar-refractivity contribution < 1.29 is 39.2 Å². The molecule has 5 atom stereocenters. The van der Waals surface area contributed by atoms with Gasteiger partial charge in [-0.2, -0.15) is 0 Å². The molecule has 1 fully saturated rings. The zero-order valence-corrected chi connectivity index (χ0v) is 30.7. The second-order valence-corrected chi connectivity index (χ2v) is 14.2. The van der Waals surface area contributed by atoms with Crippen LogP contribution in [-0.2, 0) is 23.9 Å². The number of carbonyl (C=O) groups is 3. The molecule has 0 aromatic rings. The Morgan fingerprint density at radius 2 is 1.25 bits per heavy atom. The minimum absolute atomic E-state index is 0.0360. The van der Waals surface area contributed by atoms with E-state index in [2.05, 4.69) is 13.8 Å². The Labute approximate surface area is 292 Å². The van der Waals surface area contributed by atoms with Crippen molar-refractivity contribution in [3.05, 3.63) is 12.2 Å². The van der Waals surface area contributed by atoms with Crippen molar-refractivity contribution in [2.45, 2.75) is 199 Å². The molecule has 0 saturated heterocycles. The standard InChI is InChI=1S/C40H72O8/c1-3-5-7-8-9-10-11-12-13-14-15-16-17-23-27-40(46)48-34(31-41)32-47-39(45)26-22-19-18-21-25-35-36(38(44)30-37(35)43)29-28-33(42)24-20-6-4-2/h28-29,33-37,41-43H,3-27,30-32H2,1-2H3/b29-28+/t33-,34-,35+,36+,37-/m0/s1. The van der Waals surface area contributed by atoms with Gasteiger partial charge in [-0.1, -0.05) is 148 Å². The molecule has 0 aromatic carbocycles. The lowest BCUT2D eigenvalue weighted by atomic mass is 9.88. The molecule has 0 aliphatic heterocycles. The van der Waals surface area contributed by atoms with Gasteiger partial charge in [0.2, 0.25) is 0 Å². The zero-order chi connectivity index (χ0) is 35.2. The highest BCUT2D eigenvalue weighted by Gasteiger charge is 2.39. The van der Waals surface area contributed by atoms with Gasteiger partial charge >= 0.3 is 11.9 Å². The Morgan fingerprint density at radius 3 is 1.81 bits per heavy atom. The molecule has 0 unspecified atom stereocenters. The van der Waals surface area contributed by atoms with E-state index in [1.165, 1.54) is 70.6 Å². The maximum absolute atomic E-state index is 12.4. The second kappa shape index (κ2) is 30.1. The van der Waals surface area contributed by atoms with Crippen molar-refractivity contribution in [2.75, 3.05) is 13.2 Å². The maximum Gasteiger partial charge on any atom is 0.306 e. The van der Waals surface area contributed by atoms with Gasteiger partial charge in [-0.05, 0) is 31.6 Å². The number of aliphatic hydroxyl groups is 3. The van der Waals surface area contributed by atoms with Crippen LogP contribution in [0.25, 0.3) is 0 Å². The molecule has 8 nitrogen and oxygen atoms in total. The predicted molar refractivity (Wildman–Crippen MR) is 192 cm³/mol. The number of carbonyl (C=O) groups excluding carboxylic acids is 3. The zero-order valence-electron chi connectivity index (χ0n) is 30.7. The van der Waals surface area contributed by atoms with Gasteiger partial charge < -0.3 is 24.8 Å². The summed E-state index contributed by atoms with van der Waals surface area (Å²) in [5.41, 5.74) is 0. The molecule has 0 bridgehead atoms. The van der Waals surface area contributed by atoms with Crippen molar-refractivity contribution in [1.82, 2.24) is 0 Å². The lowest BCUT2D eigenvalue weighted by molar-refractivity contribution is -0.161. The van der Waals surface area contributed by atoms with Gasteiger partial charge in [0.15, 0.2) is 6.10 Å². The van der Waals surface area contributed by atoms with Gasteiger partial charge in [0, 0.05) is 25.2 Å². The van der Waals surface area contributed by atoms with E-state index in [9.17, 15) is 29.7 Å². The number of Topliss-reactive ketones (excluding diaryl/α,β-unsaturated/α-hetero) is 1. The summed E-state index contributed by atoms with van der Waals surface area (Å²) in [5.74, 6) is -1.18. The van der Waals surface area contributed by atoms with E-state index in [1.807, 2.05) is 0 Å². The summed E-state index contributed by atoms with van der Waals surface area (Å²) in [6.45, 7) is 3.84. The van der Waals surface area contributed by atoms with Crippen LogP contribution in [0.15, 0.2) is 12.2 Å². The Balaban J connectivity index is 2.08. The SMILES string of the molecule is CCCCCCCCCCCCCCCCC(=O)O[C@@H](CO)COC(=O)CCCCCC[C@H]1[C@@H](O)CC(=O)[C@@H]1/C=C/[C@@H](O)CCCCC. The van der Waals surface area contributed by atoms with Crippen LogP contribution >= 0.6 is 0 Å². The molecule has 1 aliphatic rings. The molecule has 0 radical (unpaired) electrons. The van der Waals surface area contributed by atoms with Gasteiger partial charge in [0.05, 0.1) is 18.8 Å². The molecule has 3 N–H and O–H groups in total. The number of unbranched alkanes of at least 4 members (excludes halogenated alkanes) is 18. The van der Waals surface area contributed by atoms with Crippen molar-refractivity contribution >= 4 is 17.7 Å². The van der Waals surface area contributed by atoms with Crippen LogP contribution in [0.1, 0.15) is 181 Å². The first-order chi connectivity index (χ1) is 23.3. The summed E-state index contributed by atoms with van der Waals surface area (Å²) in [6.07, 6.45) is 27.4. The molecule has 280 valence electrons. The Hall–Kier alpha value is -1.77. The van der Waals surface area contributed by atoms with Crippen molar-refractivity contribution in [3.63, 3.8) is 0 Å². The lowest BCUT2D eigenvalue weighted by Gasteiger charge is -2.19. The van der Waals surface area contributed by atoms with E-state index in [-0.39, 0.29) is 55.6 Å². The van der Waals surface area contributed by atoms with Crippen LogP contribution in [0, 0.1) is 11.8 Å². The molecular weight excluding hydrogens is 608 g/mol. The third kappa shape index (κ3) is 22.8. The normalized spacial score (nSPS) is 19.2. The Kier molecular flexibility index (Phi) is 27.7. The molecule has 0 aromatic heterocycles. The first-order valence-electron chi connectivity index (χ1n) is 19.8. The highest BCUT2D eigenvalue weighted by atomic mass is 16.6. The number of hydrogen-bond acceptors (Lipinski definition) is 8. The number of rotatable bonds is 32. The van der Waals surface area contributed by atoms with Gasteiger partial charge in [-0.3, -0.25) is 14.4 Å². The fraction of sp³-hybridized carbons (Fsp3) is 0.875. The lowest BCUT2D eigenvalue weighted by Crippen LogP contribution is -2.28. The third-order valence-electron chi connectivity index (χ3n) is 9.72. The summed E-state index contributed by atoms with van der Waals surface area (Å²) in [5, 5.41) is 30.2. The first kappa shape index (κ1) is 44.3. The summed E-state index contributed by atoms with van der Waals surface area (Å²) in [4.78, 5) is 36.8. The minimum Gasteiger partial charge on any atom is -0.462 e. The van der Waals surface area contributed by atoms with Crippen LogP contribution in [0.5, 0.6) is 0 Å². The largest absolute Gasteiger partial charge is 0.462 e. The monoisotopic (exact) mass is 681 g/mol. The second-order valence-electron chi connectivity index (χ2n) is 14.2. The molecule has 0 spiro atoms. The van der Waals surface area contributed by atoms with Gasteiger partial charge in [-0.25, -0.2) is 0 Å². The van der Waals surface area contributed by atoms with Crippen molar-refractivity contribution in [3.8, 4) is 0 Å². The average Bonchev–Trinajstić information content (AvgIpc) is 3.34. The number of aliphatic hydroxyl groups excluding tert-OH is 3. The highest BCUT2D eigenvalue weighted by molar-refractivity contribution is 5.86. The molecule has 48 heavy (non-hydrogen) atoms. The van der Waals surface area contributed by atoms with Crippen molar-refractivity contribution in [1.29, 1.82) is 0 Å².